The Morgan fingerprint density at radius 1 is 0.600 bits per heavy atom. The van der Waals surface area contributed by atoms with Crippen molar-refractivity contribution in [2.75, 3.05) is 0 Å². The Morgan fingerprint density at radius 2 is 0.600 bits per heavy atom. The molecule has 0 aliphatic carbocycles. The molecule has 9 nitrogen and oxygen atoms in total. The second kappa shape index (κ2) is 20.6. The summed E-state index contributed by atoms with van der Waals surface area (Å²) in [5, 5.41) is 0. The normalized spacial score (nSPS) is 7.87. The van der Waals surface area contributed by atoms with E-state index in [0.29, 0.717) is 0 Å². The summed E-state index contributed by atoms with van der Waals surface area (Å²) < 4.78 is 17.1. The van der Waals surface area contributed by atoms with E-state index in [1.807, 2.05) is 0 Å². The number of hydrogen-bond acceptors (Lipinski definition) is 9. The smallest absolute Gasteiger partial charge is 0.822 e. The molecule has 0 heterocycles. The maximum absolute atomic E-state index is 8.55. The largest absolute Gasteiger partial charge is 2.00 e. The first-order chi connectivity index (χ1) is 4.00. The first kappa shape index (κ1) is 42.7. The minimum Gasteiger partial charge on any atom is -0.822 e. The summed E-state index contributed by atoms with van der Waals surface area (Å²) in [4.78, 5) is 51.3. The molecule has 0 bridgehead atoms. The number of hydrogen-bond donors (Lipinski definition) is 1. The van der Waals surface area contributed by atoms with E-state index in [4.69, 9.17) is 38.5 Å². The molecule has 0 aliphatic heterocycles. The Kier molecular flexibility index (Phi) is 58.6. The molecule has 0 saturated heterocycles. The average molecular weight is 364 g/mol. The minimum absolute atomic E-state index is 0. The van der Waals surface area contributed by atoms with Gasteiger partial charge in [-0.1, -0.05) is 0 Å². The van der Waals surface area contributed by atoms with Crippen molar-refractivity contribution in [2.24, 2.45) is 0 Å². The molecular formula is H4Ca3ClNO8P2. The van der Waals surface area contributed by atoms with Gasteiger partial charge in [0, 0.05) is 0 Å². The fraction of sp³-hybridized carbons (Fsp3) is 0. The molecule has 0 spiro atoms. The predicted octanol–water partition coefficient (Wildman–Crippen LogP) is -6.21. The van der Waals surface area contributed by atoms with Crippen molar-refractivity contribution in [2.45, 2.75) is 0 Å². The van der Waals surface area contributed by atoms with Crippen LogP contribution in [-0.2, 0) is 9.13 Å². The van der Waals surface area contributed by atoms with Crippen LogP contribution in [0.1, 0.15) is 0 Å². The molecule has 0 rings (SSSR count). The van der Waals surface area contributed by atoms with Gasteiger partial charge in [-0.25, -0.2) is 0 Å². The van der Waals surface area contributed by atoms with Crippen molar-refractivity contribution in [1.29, 1.82) is 0 Å². The standard InChI is InChI=1S/3Ca.ClH.H3N.2H3O4P/c;;;;;2*1-5(2,3)4/h;;;1H;1H3;2*(H3,1,2,3,4)/q3*+2;;;;/p-6. The Balaban J connectivity index is -0.0000000128. The Hall–Kier alpha value is 4.25. The molecule has 80 valence electrons. The molecule has 0 aromatic carbocycles. The first-order valence-corrected chi connectivity index (χ1v) is 4.38. The topological polar surface area (TPSA) is 208 Å². The van der Waals surface area contributed by atoms with E-state index in [0.717, 1.165) is 0 Å². The van der Waals surface area contributed by atoms with Crippen LogP contribution in [0.15, 0.2) is 0 Å². The average Bonchev–Trinajstić information content (AvgIpc) is 1.12. The van der Waals surface area contributed by atoms with Gasteiger partial charge in [-0.2, -0.15) is 15.6 Å². The van der Waals surface area contributed by atoms with E-state index >= 15 is 0 Å². The summed E-state index contributed by atoms with van der Waals surface area (Å²) >= 11 is 0. The molecule has 0 aliphatic rings. The quantitative estimate of drug-likeness (QED) is 0.320. The van der Waals surface area contributed by atoms with Crippen LogP contribution in [0.4, 0.5) is 0 Å². The maximum atomic E-state index is 8.55. The fourth-order valence-corrected chi connectivity index (χ4v) is 0. The zero-order valence-electron chi connectivity index (χ0n) is 7.40. The summed E-state index contributed by atoms with van der Waals surface area (Å²) in [5.41, 5.74) is 0. The van der Waals surface area contributed by atoms with E-state index < -0.39 is 15.6 Å². The van der Waals surface area contributed by atoms with Crippen molar-refractivity contribution in [1.82, 2.24) is 6.15 Å². The second-order valence-corrected chi connectivity index (χ2v) is 2.68. The van der Waals surface area contributed by atoms with Gasteiger partial charge in [0.15, 0.2) is 0 Å². The van der Waals surface area contributed by atoms with E-state index in [-0.39, 0.29) is 132 Å². The van der Waals surface area contributed by atoms with Crippen molar-refractivity contribution in [3.8, 4) is 0 Å². The third kappa shape index (κ3) is 267. The third-order valence-electron chi connectivity index (χ3n) is 0. The summed E-state index contributed by atoms with van der Waals surface area (Å²) in [6, 6.07) is 0. The molecular weight excluding hydrogens is 360 g/mol. The van der Waals surface area contributed by atoms with Gasteiger partial charge in [0.1, 0.15) is 0 Å². The molecule has 0 radical (unpaired) electrons. The molecule has 0 fully saturated rings. The Bertz CT molecular complexity index is 140. The van der Waals surface area contributed by atoms with Gasteiger partial charge in [0.05, 0.1) is 0 Å². The first-order valence-electron chi connectivity index (χ1n) is 1.46. The van der Waals surface area contributed by atoms with Crippen molar-refractivity contribution in [3.63, 3.8) is 0 Å². The predicted molar refractivity (Wildman–Crippen MR) is 44.7 cm³/mol. The third-order valence-corrected chi connectivity index (χ3v) is 0. The van der Waals surface area contributed by atoms with Gasteiger partial charge in [-0.15, -0.1) is 12.4 Å². The molecule has 15 heavy (non-hydrogen) atoms. The van der Waals surface area contributed by atoms with Gasteiger partial charge in [-0.05, 0) is 0 Å². The van der Waals surface area contributed by atoms with Crippen LogP contribution in [0.25, 0.3) is 0 Å². The van der Waals surface area contributed by atoms with E-state index in [1.165, 1.54) is 0 Å². The maximum Gasteiger partial charge on any atom is 2.00 e. The molecule has 0 aromatic heterocycles. The van der Waals surface area contributed by atoms with Crippen LogP contribution < -0.4 is 35.5 Å². The van der Waals surface area contributed by atoms with E-state index in [1.54, 1.807) is 0 Å². The van der Waals surface area contributed by atoms with Crippen LogP contribution in [0, 0.1) is 0 Å². The fourth-order valence-electron chi connectivity index (χ4n) is 0. The molecule has 0 atom stereocenters. The summed E-state index contributed by atoms with van der Waals surface area (Å²) in [7, 11) is -10.8. The van der Waals surface area contributed by atoms with Gasteiger partial charge in [0.2, 0.25) is 0 Å². The van der Waals surface area contributed by atoms with Crippen LogP contribution in [0.3, 0.4) is 0 Å². The number of phosphoric acid groups is 2. The van der Waals surface area contributed by atoms with Crippen LogP contribution in [-0.4, -0.2) is 113 Å². The van der Waals surface area contributed by atoms with Crippen molar-refractivity contribution in [3.05, 3.63) is 0 Å². The van der Waals surface area contributed by atoms with Gasteiger partial charge in [0.25, 0.3) is 0 Å². The SMILES string of the molecule is Cl.N.O=P([O-])([O-])[O-].O=P([O-])([O-])[O-].[Ca+2].[Ca+2].[Ca+2]. The van der Waals surface area contributed by atoms with Crippen molar-refractivity contribution < 1.29 is 38.5 Å². The van der Waals surface area contributed by atoms with Crippen LogP contribution in [0.2, 0.25) is 0 Å². The Labute approximate surface area is 182 Å². The van der Waals surface area contributed by atoms with Crippen molar-refractivity contribution >= 4 is 141 Å². The summed E-state index contributed by atoms with van der Waals surface area (Å²) in [6.45, 7) is 0. The van der Waals surface area contributed by atoms with E-state index in [2.05, 4.69) is 0 Å². The number of rotatable bonds is 0. The van der Waals surface area contributed by atoms with Crippen LogP contribution in [0.5, 0.6) is 0 Å². The van der Waals surface area contributed by atoms with Crippen LogP contribution >= 0.6 is 28.1 Å². The van der Waals surface area contributed by atoms with E-state index in [9.17, 15) is 0 Å². The van der Waals surface area contributed by atoms with Gasteiger partial charge < -0.3 is 44.6 Å². The zero-order chi connectivity index (χ0) is 9.00. The number of halogens is 1. The van der Waals surface area contributed by atoms with Gasteiger partial charge >= 0.3 is 113 Å². The monoisotopic (exact) mass is 363 g/mol. The summed E-state index contributed by atoms with van der Waals surface area (Å²) in [6.07, 6.45) is 0. The second-order valence-electron chi connectivity index (χ2n) is 0.894. The minimum atomic E-state index is -5.39. The molecule has 15 heteroatoms. The molecule has 0 saturated carbocycles. The molecule has 0 amide bonds. The van der Waals surface area contributed by atoms with Gasteiger partial charge in [-0.3, -0.25) is 0 Å². The molecule has 0 unspecified atom stereocenters. The molecule has 0 aromatic rings. The zero-order valence-corrected chi connectivity index (χ0v) is 16.6. The summed E-state index contributed by atoms with van der Waals surface area (Å²) in [5.74, 6) is 0. The Morgan fingerprint density at radius 3 is 0.600 bits per heavy atom. The molecule has 3 N–H and O–H groups in total.